The smallest absolute Gasteiger partial charge is 0.412 e. The number of nitrogens with one attached hydrogen (secondary N) is 2. The minimum absolute atomic E-state index is 0.119. The van der Waals surface area contributed by atoms with Crippen molar-refractivity contribution in [3.05, 3.63) is 60.2 Å². The number of anilines is 1. The lowest BCUT2D eigenvalue weighted by Gasteiger charge is -2.25. The molecule has 1 aliphatic heterocycles. The summed E-state index contributed by atoms with van der Waals surface area (Å²) in [6.07, 6.45) is 2.72. The zero-order chi connectivity index (χ0) is 24.3. The molecule has 2 aromatic carbocycles. The van der Waals surface area contributed by atoms with Crippen molar-refractivity contribution < 1.29 is 38.9 Å². The monoisotopic (exact) mass is 472 g/mol. The minimum atomic E-state index is -0.646. The molecule has 0 aliphatic carbocycles. The van der Waals surface area contributed by atoms with Gasteiger partial charge in [-0.15, -0.1) is 0 Å². The minimum Gasteiger partial charge on any atom is -0.491 e. The third kappa shape index (κ3) is 7.12. The number of hydrogen-bond donors (Lipinski definition) is 4. The van der Waals surface area contributed by atoms with E-state index >= 15 is 0 Å². The Kier molecular flexibility index (Phi) is 9.12. The molecule has 10 nitrogen and oxygen atoms in total. The second-order valence-electron chi connectivity index (χ2n) is 7.60. The van der Waals surface area contributed by atoms with Crippen LogP contribution >= 0.6 is 0 Å². The zero-order valence-corrected chi connectivity index (χ0v) is 18.7. The standard InChI is InChI=1S/C24H28N2O8/c1-16(5-2-3-8-22(28)26-30)23(17-6-4-7-19(13-17)31-12-11-27)34-24(29)25-18-9-10-20-21(14-18)33-15-32-20/h3-4,6-10,13-14,16,23,27,30H,2,5,11-12,15H2,1H3,(H,25,29)(H,26,28)/b8-3+/t16-,23-/m1/s1. The van der Waals surface area contributed by atoms with Gasteiger partial charge in [-0.2, -0.15) is 0 Å². The first kappa shape index (κ1) is 24.9. The first-order valence-electron chi connectivity index (χ1n) is 10.8. The molecule has 0 spiro atoms. The van der Waals surface area contributed by atoms with Gasteiger partial charge in [-0.3, -0.25) is 15.3 Å². The second kappa shape index (κ2) is 12.5. The highest BCUT2D eigenvalue weighted by atomic mass is 16.7. The highest BCUT2D eigenvalue weighted by molar-refractivity contribution is 5.86. The Morgan fingerprint density at radius 3 is 2.79 bits per heavy atom. The van der Waals surface area contributed by atoms with E-state index in [4.69, 9.17) is 29.3 Å². The number of amides is 2. The summed E-state index contributed by atoms with van der Waals surface area (Å²) in [6.45, 7) is 2.09. The molecule has 2 aromatic rings. The Balaban J connectivity index is 1.71. The van der Waals surface area contributed by atoms with E-state index in [1.54, 1.807) is 42.5 Å². The summed E-state index contributed by atoms with van der Waals surface area (Å²) >= 11 is 0. The summed E-state index contributed by atoms with van der Waals surface area (Å²) in [5.74, 6) is 0.945. The quantitative estimate of drug-likeness (QED) is 0.221. The third-order valence-corrected chi connectivity index (χ3v) is 5.08. The number of allylic oxidation sites excluding steroid dienone is 1. The molecule has 2 amide bonds. The van der Waals surface area contributed by atoms with Gasteiger partial charge in [-0.25, -0.2) is 10.3 Å². The SMILES string of the molecule is C[C@H](CC/C=C/C(=O)NO)[C@@H](OC(=O)Nc1ccc2c(c1)OCO2)c1cccc(OCCO)c1. The predicted octanol–water partition coefficient (Wildman–Crippen LogP) is 3.55. The fourth-order valence-electron chi connectivity index (χ4n) is 3.43. The average molecular weight is 472 g/mol. The van der Waals surface area contributed by atoms with Crippen LogP contribution in [0.2, 0.25) is 0 Å². The maximum Gasteiger partial charge on any atom is 0.412 e. The third-order valence-electron chi connectivity index (χ3n) is 5.08. The molecule has 3 rings (SSSR count). The molecule has 10 heteroatoms. The summed E-state index contributed by atoms with van der Waals surface area (Å²) in [4.78, 5) is 23.9. The first-order chi connectivity index (χ1) is 16.5. The largest absolute Gasteiger partial charge is 0.491 e. The lowest BCUT2D eigenvalue weighted by atomic mass is 9.93. The number of aliphatic hydroxyl groups excluding tert-OH is 1. The lowest BCUT2D eigenvalue weighted by molar-refractivity contribution is -0.124. The molecular weight excluding hydrogens is 444 g/mol. The fourth-order valence-corrected chi connectivity index (χ4v) is 3.43. The summed E-state index contributed by atoms with van der Waals surface area (Å²) in [5.41, 5.74) is 2.76. The van der Waals surface area contributed by atoms with E-state index in [1.165, 1.54) is 11.6 Å². The molecule has 0 unspecified atom stereocenters. The molecule has 34 heavy (non-hydrogen) atoms. The highest BCUT2D eigenvalue weighted by Crippen LogP contribution is 2.35. The van der Waals surface area contributed by atoms with Gasteiger partial charge in [0.15, 0.2) is 11.5 Å². The van der Waals surface area contributed by atoms with E-state index in [2.05, 4.69) is 5.32 Å². The molecule has 0 saturated heterocycles. The van der Waals surface area contributed by atoms with Crippen LogP contribution in [0.3, 0.4) is 0 Å². The van der Waals surface area contributed by atoms with E-state index in [1.807, 2.05) is 13.0 Å². The van der Waals surface area contributed by atoms with E-state index in [0.29, 0.717) is 35.8 Å². The first-order valence-corrected chi connectivity index (χ1v) is 10.8. The summed E-state index contributed by atoms with van der Waals surface area (Å²) in [5, 5.41) is 20.3. The van der Waals surface area contributed by atoms with Crippen molar-refractivity contribution in [2.45, 2.75) is 25.9 Å². The number of ether oxygens (including phenoxy) is 4. The van der Waals surface area contributed by atoms with Crippen LogP contribution in [0.25, 0.3) is 0 Å². The van der Waals surface area contributed by atoms with Gasteiger partial charge in [-0.1, -0.05) is 25.1 Å². The van der Waals surface area contributed by atoms with Gasteiger partial charge < -0.3 is 24.1 Å². The van der Waals surface area contributed by atoms with Gasteiger partial charge in [-0.05, 0) is 48.6 Å². The molecule has 0 radical (unpaired) electrons. The Morgan fingerprint density at radius 2 is 2.00 bits per heavy atom. The van der Waals surface area contributed by atoms with Crippen molar-refractivity contribution in [2.75, 3.05) is 25.3 Å². The van der Waals surface area contributed by atoms with Crippen molar-refractivity contribution >= 4 is 17.7 Å². The average Bonchev–Trinajstić information content (AvgIpc) is 3.31. The molecule has 1 aliphatic rings. The normalized spacial score (nSPS) is 13.9. The fraction of sp³-hybridized carbons (Fsp3) is 0.333. The van der Waals surface area contributed by atoms with Crippen LogP contribution in [-0.4, -0.2) is 42.3 Å². The van der Waals surface area contributed by atoms with Crippen LogP contribution in [0, 0.1) is 5.92 Å². The molecular formula is C24H28N2O8. The van der Waals surface area contributed by atoms with Gasteiger partial charge in [0, 0.05) is 17.8 Å². The van der Waals surface area contributed by atoms with Crippen molar-refractivity contribution in [1.29, 1.82) is 0 Å². The van der Waals surface area contributed by atoms with Crippen molar-refractivity contribution in [2.24, 2.45) is 5.92 Å². The maximum absolute atomic E-state index is 12.8. The van der Waals surface area contributed by atoms with Crippen LogP contribution in [-0.2, 0) is 9.53 Å². The van der Waals surface area contributed by atoms with Crippen LogP contribution < -0.4 is 25.0 Å². The Labute approximate surface area is 197 Å². The van der Waals surface area contributed by atoms with Gasteiger partial charge in [0.05, 0.1) is 6.61 Å². The molecule has 4 N–H and O–H groups in total. The van der Waals surface area contributed by atoms with Crippen LogP contribution in [0.4, 0.5) is 10.5 Å². The number of rotatable bonds is 11. The van der Waals surface area contributed by atoms with Gasteiger partial charge in [0.25, 0.3) is 5.91 Å². The van der Waals surface area contributed by atoms with Crippen molar-refractivity contribution in [1.82, 2.24) is 5.48 Å². The van der Waals surface area contributed by atoms with E-state index in [9.17, 15) is 9.59 Å². The van der Waals surface area contributed by atoms with Gasteiger partial charge in [0.1, 0.15) is 18.5 Å². The van der Waals surface area contributed by atoms with E-state index < -0.39 is 18.1 Å². The number of fused-ring (bicyclic) bond motifs is 1. The lowest BCUT2D eigenvalue weighted by Crippen LogP contribution is -2.22. The molecule has 1 heterocycles. The van der Waals surface area contributed by atoms with Crippen LogP contribution in [0.1, 0.15) is 31.4 Å². The van der Waals surface area contributed by atoms with Crippen LogP contribution in [0.5, 0.6) is 17.2 Å². The second-order valence-corrected chi connectivity index (χ2v) is 7.60. The number of benzene rings is 2. The summed E-state index contributed by atoms with van der Waals surface area (Å²) in [7, 11) is 0. The Morgan fingerprint density at radius 1 is 1.18 bits per heavy atom. The Hall–Kier alpha value is -3.76. The molecule has 0 aromatic heterocycles. The Bertz CT molecular complexity index is 1010. The summed E-state index contributed by atoms with van der Waals surface area (Å²) in [6, 6.07) is 12.2. The molecule has 0 saturated carbocycles. The number of hydroxylamine groups is 1. The number of carbonyl (C=O) groups excluding carboxylic acids is 2. The molecule has 182 valence electrons. The summed E-state index contributed by atoms with van der Waals surface area (Å²) < 4.78 is 21.9. The molecule has 2 atom stereocenters. The number of aliphatic hydroxyl groups is 1. The van der Waals surface area contributed by atoms with E-state index in [0.717, 1.165) is 5.56 Å². The topological polar surface area (TPSA) is 136 Å². The predicted molar refractivity (Wildman–Crippen MR) is 122 cm³/mol. The number of carbonyl (C=O) groups is 2. The maximum atomic E-state index is 12.8. The highest BCUT2D eigenvalue weighted by Gasteiger charge is 2.24. The molecule has 0 bridgehead atoms. The molecule has 0 fully saturated rings. The van der Waals surface area contributed by atoms with Crippen LogP contribution in [0.15, 0.2) is 54.6 Å². The zero-order valence-electron chi connectivity index (χ0n) is 18.7. The van der Waals surface area contributed by atoms with Crippen molar-refractivity contribution in [3.8, 4) is 17.2 Å². The van der Waals surface area contributed by atoms with Gasteiger partial charge >= 0.3 is 6.09 Å². The van der Waals surface area contributed by atoms with Crippen molar-refractivity contribution in [3.63, 3.8) is 0 Å². The van der Waals surface area contributed by atoms with Gasteiger partial charge in [0.2, 0.25) is 6.79 Å². The number of hydrogen-bond acceptors (Lipinski definition) is 8. The van der Waals surface area contributed by atoms with E-state index in [-0.39, 0.29) is 25.9 Å².